The van der Waals surface area contributed by atoms with Crippen LogP contribution in [0.2, 0.25) is 5.02 Å². The number of nitrogens with one attached hydrogen (secondary N) is 1. The maximum atomic E-state index is 12.2. The van der Waals surface area contributed by atoms with Crippen molar-refractivity contribution < 1.29 is 14.3 Å². The molecule has 1 aromatic carbocycles. The Kier molecular flexibility index (Phi) is 4.87. The van der Waals surface area contributed by atoms with Gasteiger partial charge in [0.05, 0.1) is 23.4 Å². The zero-order valence-electron chi connectivity index (χ0n) is 11.3. The van der Waals surface area contributed by atoms with Crippen LogP contribution < -0.4 is 5.32 Å². The molecule has 1 N–H and O–H groups in total. The Hall–Kier alpha value is -1.99. The summed E-state index contributed by atoms with van der Waals surface area (Å²) in [4.78, 5) is 24.2. The van der Waals surface area contributed by atoms with Crippen LogP contribution in [0.15, 0.2) is 18.2 Å². The van der Waals surface area contributed by atoms with E-state index in [9.17, 15) is 9.59 Å². The SMILES string of the molecule is CCc1nnsc1C(=O)Nc1ccc(Cl)c(C(=O)OC)c1. The van der Waals surface area contributed by atoms with Gasteiger partial charge in [0.2, 0.25) is 0 Å². The second-order valence-electron chi connectivity index (χ2n) is 4.04. The van der Waals surface area contributed by atoms with E-state index in [1.165, 1.54) is 19.2 Å². The van der Waals surface area contributed by atoms with Crippen LogP contribution in [-0.4, -0.2) is 28.6 Å². The molecule has 0 saturated heterocycles. The average Bonchev–Trinajstić information content (AvgIpc) is 2.97. The topological polar surface area (TPSA) is 81.2 Å². The number of halogens is 1. The molecule has 0 fully saturated rings. The van der Waals surface area contributed by atoms with Crippen molar-refractivity contribution in [2.45, 2.75) is 13.3 Å². The number of carbonyl (C=O) groups is 2. The van der Waals surface area contributed by atoms with Gasteiger partial charge >= 0.3 is 5.97 Å². The molecule has 6 nitrogen and oxygen atoms in total. The van der Waals surface area contributed by atoms with Crippen molar-refractivity contribution in [3.05, 3.63) is 39.4 Å². The molecule has 2 aromatic rings. The van der Waals surface area contributed by atoms with E-state index in [1.807, 2.05) is 6.92 Å². The van der Waals surface area contributed by atoms with Gasteiger partial charge < -0.3 is 10.1 Å². The summed E-state index contributed by atoms with van der Waals surface area (Å²) in [6.45, 7) is 1.89. The zero-order chi connectivity index (χ0) is 15.4. The number of benzene rings is 1. The van der Waals surface area contributed by atoms with Crippen LogP contribution in [0, 0.1) is 0 Å². The molecular formula is C13H12ClN3O3S. The standard InChI is InChI=1S/C13H12ClN3O3S/c1-3-10-11(21-17-16-10)12(18)15-7-4-5-9(14)8(6-7)13(19)20-2/h4-6H,3H2,1-2H3,(H,15,18). The first kappa shape index (κ1) is 15.4. The molecule has 1 heterocycles. The van der Waals surface area contributed by atoms with Gasteiger partial charge in [-0.3, -0.25) is 4.79 Å². The number of amides is 1. The summed E-state index contributed by atoms with van der Waals surface area (Å²) in [7, 11) is 1.26. The first-order chi connectivity index (χ1) is 10.1. The monoisotopic (exact) mass is 325 g/mol. The Morgan fingerprint density at radius 1 is 1.43 bits per heavy atom. The molecule has 21 heavy (non-hydrogen) atoms. The molecule has 0 aliphatic carbocycles. The van der Waals surface area contributed by atoms with Crippen LogP contribution in [0.1, 0.15) is 32.6 Å². The summed E-state index contributed by atoms with van der Waals surface area (Å²) < 4.78 is 8.40. The number of hydrogen-bond acceptors (Lipinski definition) is 6. The van der Waals surface area contributed by atoms with Crippen molar-refractivity contribution >= 4 is 40.7 Å². The maximum absolute atomic E-state index is 12.2. The normalized spacial score (nSPS) is 10.2. The molecule has 0 atom stereocenters. The van der Waals surface area contributed by atoms with E-state index in [0.29, 0.717) is 22.7 Å². The van der Waals surface area contributed by atoms with Gasteiger partial charge in [-0.2, -0.15) is 0 Å². The van der Waals surface area contributed by atoms with E-state index in [0.717, 1.165) is 11.5 Å². The highest BCUT2D eigenvalue weighted by molar-refractivity contribution is 7.08. The third-order valence-electron chi connectivity index (χ3n) is 2.73. The Morgan fingerprint density at radius 3 is 2.86 bits per heavy atom. The number of hydrogen-bond donors (Lipinski definition) is 1. The summed E-state index contributed by atoms with van der Waals surface area (Å²) in [6, 6.07) is 4.59. The van der Waals surface area contributed by atoms with Crippen LogP contribution in [-0.2, 0) is 11.2 Å². The number of aromatic nitrogens is 2. The van der Waals surface area contributed by atoms with Crippen LogP contribution in [0.5, 0.6) is 0 Å². The molecule has 8 heteroatoms. The zero-order valence-corrected chi connectivity index (χ0v) is 12.9. The van der Waals surface area contributed by atoms with Gasteiger partial charge in [0.15, 0.2) is 0 Å². The van der Waals surface area contributed by atoms with Crippen molar-refractivity contribution in [3.8, 4) is 0 Å². The lowest BCUT2D eigenvalue weighted by Crippen LogP contribution is -2.13. The van der Waals surface area contributed by atoms with E-state index in [2.05, 4.69) is 19.6 Å². The third kappa shape index (κ3) is 3.37. The smallest absolute Gasteiger partial charge is 0.339 e. The first-order valence-electron chi connectivity index (χ1n) is 6.07. The minimum Gasteiger partial charge on any atom is -0.465 e. The molecule has 0 aliphatic heterocycles. The lowest BCUT2D eigenvalue weighted by Gasteiger charge is -2.07. The van der Waals surface area contributed by atoms with Gasteiger partial charge in [0.1, 0.15) is 4.88 Å². The highest BCUT2D eigenvalue weighted by Gasteiger charge is 2.17. The molecule has 2 rings (SSSR count). The van der Waals surface area contributed by atoms with Crippen molar-refractivity contribution in [1.29, 1.82) is 0 Å². The molecule has 1 amide bonds. The Labute approximate surface area is 130 Å². The Morgan fingerprint density at radius 2 is 2.19 bits per heavy atom. The number of carbonyl (C=O) groups excluding carboxylic acids is 2. The molecule has 0 spiro atoms. The fourth-order valence-electron chi connectivity index (χ4n) is 1.67. The number of rotatable bonds is 4. The van der Waals surface area contributed by atoms with E-state index in [-0.39, 0.29) is 16.5 Å². The lowest BCUT2D eigenvalue weighted by molar-refractivity contribution is 0.0600. The largest absolute Gasteiger partial charge is 0.465 e. The van der Waals surface area contributed by atoms with E-state index in [1.54, 1.807) is 6.07 Å². The van der Waals surface area contributed by atoms with E-state index < -0.39 is 5.97 Å². The minimum atomic E-state index is -0.565. The quantitative estimate of drug-likeness (QED) is 0.874. The molecular weight excluding hydrogens is 314 g/mol. The summed E-state index contributed by atoms with van der Waals surface area (Å²) >= 11 is 6.95. The van der Waals surface area contributed by atoms with Gasteiger partial charge in [-0.25, -0.2) is 4.79 Å². The van der Waals surface area contributed by atoms with Gasteiger partial charge in [-0.05, 0) is 36.2 Å². The van der Waals surface area contributed by atoms with Crippen LogP contribution in [0.3, 0.4) is 0 Å². The average molecular weight is 326 g/mol. The lowest BCUT2D eigenvalue weighted by atomic mass is 10.2. The number of nitrogens with zero attached hydrogens (tertiary/aromatic N) is 2. The van der Waals surface area contributed by atoms with E-state index >= 15 is 0 Å². The van der Waals surface area contributed by atoms with Gasteiger partial charge in [-0.15, -0.1) is 5.10 Å². The molecule has 0 radical (unpaired) electrons. The van der Waals surface area contributed by atoms with Crippen LogP contribution >= 0.6 is 23.1 Å². The van der Waals surface area contributed by atoms with Crippen molar-refractivity contribution in [2.24, 2.45) is 0 Å². The van der Waals surface area contributed by atoms with Gasteiger partial charge in [0.25, 0.3) is 5.91 Å². The fourth-order valence-corrected chi connectivity index (χ4v) is 2.51. The maximum Gasteiger partial charge on any atom is 0.339 e. The number of esters is 1. The highest BCUT2D eigenvalue weighted by Crippen LogP contribution is 2.22. The molecule has 0 bridgehead atoms. The van der Waals surface area contributed by atoms with Gasteiger partial charge in [0, 0.05) is 5.69 Å². The Balaban J connectivity index is 2.24. The van der Waals surface area contributed by atoms with Crippen molar-refractivity contribution in [1.82, 2.24) is 9.59 Å². The predicted octanol–water partition coefficient (Wildman–Crippen LogP) is 2.79. The number of methoxy groups -OCH3 is 1. The molecule has 0 saturated carbocycles. The van der Waals surface area contributed by atoms with Crippen LogP contribution in [0.25, 0.3) is 0 Å². The molecule has 0 unspecified atom stereocenters. The summed E-state index contributed by atoms with van der Waals surface area (Å²) in [5.74, 6) is -0.884. The molecule has 110 valence electrons. The van der Waals surface area contributed by atoms with Gasteiger partial charge in [-0.1, -0.05) is 23.0 Å². The summed E-state index contributed by atoms with van der Waals surface area (Å²) in [6.07, 6.45) is 0.618. The van der Waals surface area contributed by atoms with Crippen LogP contribution in [0.4, 0.5) is 5.69 Å². The number of anilines is 1. The fraction of sp³-hybridized carbons (Fsp3) is 0.231. The van der Waals surface area contributed by atoms with E-state index in [4.69, 9.17) is 11.6 Å². The highest BCUT2D eigenvalue weighted by atomic mass is 35.5. The second kappa shape index (κ2) is 6.64. The summed E-state index contributed by atoms with van der Waals surface area (Å²) in [5.41, 5.74) is 1.27. The predicted molar refractivity (Wildman–Crippen MR) is 80.0 cm³/mol. The number of ether oxygens (including phenoxy) is 1. The number of aryl methyl sites for hydroxylation is 1. The Bertz CT molecular complexity index is 687. The summed E-state index contributed by atoms with van der Waals surface area (Å²) in [5, 5.41) is 6.83. The second-order valence-corrected chi connectivity index (χ2v) is 5.20. The first-order valence-corrected chi connectivity index (χ1v) is 7.22. The van der Waals surface area contributed by atoms with Crippen molar-refractivity contribution in [3.63, 3.8) is 0 Å². The third-order valence-corrected chi connectivity index (χ3v) is 3.82. The minimum absolute atomic E-state index is 0.190. The van der Waals surface area contributed by atoms with Crippen molar-refractivity contribution in [2.75, 3.05) is 12.4 Å². The molecule has 0 aliphatic rings. The molecule has 1 aromatic heterocycles.